The van der Waals surface area contributed by atoms with Gasteiger partial charge in [-0.3, -0.25) is 4.90 Å². The first-order valence-electron chi connectivity index (χ1n) is 6.75. The van der Waals surface area contributed by atoms with Gasteiger partial charge in [0.2, 0.25) is 0 Å². The molecule has 0 radical (unpaired) electrons. The number of fused-ring (bicyclic) bond motifs is 1. The predicted octanol–water partition coefficient (Wildman–Crippen LogP) is 1.71. The zero-order valence-corrected chi connectivity index (χ0v) is 10.8. The fraction of sp³-hybridized carbons (Fsp3) is 0.467. The van der Waals surface area contributed by atoms with Gasteiger partial charge in [0, 0.05) is 25.7 Å². The number of hydrogen-bond donors (Lipinski definition) is 0. The van der Waals surface area contributed by atoms with Crippen molar-refractivity contribution in [1.82, 2.24) is 4.90 Å². The summed E-state index contributed by atoms with van der Waals surface area (Å²) < 4.78 is 0. The van der Waals surface area contributed by atoms with Crippen molar-refractivity contribution in [3.05, 3.63) is 29.3 Å². The Balaban J connectivity index is 1.94. The molecule has 0 aliphatic carbocycles. The molecule has 19 heavy (non-hydrogen) atoms. The maximum Gasteiger partial charge on any atom is 0.101 e. The lowest BCUT2D eigenvalue weighted by molar-refractivity contribution is 0.231. The molecule has 2 aliphatic rings. The number of rotatable bonds is 1. The molecule has 96 valence electrons. The van der Waals surface area contributed by atoms with Gasteiger partial charge in [0.05, 0.1) is 16.8 Å². The molecule has 0 spiro atoms. The summed E-state index contributed by atoms with van der Waals surface area (Å²) in [4.78, 5) is 4.75. The van der Waals surface area contributed by atoms with Crippen molar-refractivity contribution in [3.63, 3.8) is 0 Å². The highest BCUT2D eigenvalue weighted by Gasteiger charge is 2.32. The molecule has 2 saturated heterocycles. The van der Waals surface area contributed by atoms with Gasteiger partial charge in [0.1, 0.15) is 12.1 Å². The summed E-state index contributed by atoms with van der Waals surface area (Å²) in [6, 6.07) is 10.4. The van der Waals surface area contributed by atoms with Gasteiger partial charge in [-0.15, -0.1) is 0 Å². The largest absolute Gasteiger partial charge is 0.367 e. The minimum absolute atomic E-state index is 0.590. The van der Waals surface area contributed by atoms with E-state index in [2.05, 4.69) is 21.9 Å². The molecule has 3 rings (SSSR count). The molecule has 1 aromatic carbocycles. The van der Waals surface area contributed by atoms with Crippen LogP contribution in [0.15, 0.2) is 18.2 Å². The molecule has 2 heterocycles. The van der Waals surface area contributed by atoms with Gasteiger partial charge in [0.25, 0.3) is 0 Å². The van der Waals surface area contributed by atoms with Gasteiger partial charge < -0.3 is 4.90 Å². The van der Waals surface area contributed by atoms with E-state index in [4.69, 9.17) is 0 Å². The van der Waals surface area contributed by atoms with Crippen LogP contribution in [0, 0.1) is 22.7 Å². The van der Waals surface area contributed by atoms with Crippen LogP contribution in [0.4, 0.5) is 5.69 Å². The molecule has 2 aliphatic heterocycles. The van der Waals surface area contributed by atoms with E-state index < -0.39 is 0 Å². The predicted molar refractivity (Wildman–Crippen MR) is 72.7 cm³/mol. The minimum atomic E-state index is 0.590. The van der Waals surface area contributed by atoms with Crippen LogP contribution < -0.4 is 4.90 Å². The van der Waals surface area contributed by atoms with Crippen LogP contribution >= 0.6 is 0 Å². The second kappa shape index (κ2) is 4.91. The van der Waals surface area contributed by atoms with Gasteiger partial charge >= 0.3 is 0 Å². The molecule has 0 saturated carbocycles. The zero-order valence-electron chi connectivity index (χ0n) is 10.8. The smallest absolute Gasteiger partial charge is 0.101 e. The third kappa shape index (κ3) is 2.05. The highest BCUT2D eigenvalue weighted by molar-refractivity contribution is 5.68. The average molecular weight is 252 g/mol. The summed E-state index contributed by atoms with van der Waals surface area (Å²) in [6.07, 6.45) is 2.50. The van der Waals surface area contributed by atoms with E-state index in [1.165, 1.54) is 19.4 Å². The standard InChI is InChI=1S/C15H16N4/c16-9-12-3-1-4-13(10-17)15(12)19-8-7-18-6-2-5-14(18)11-19/h1,3-4,14H,2,5-8,11H2. The molecule has 0 bridgehead atoms. The molecule has 1 aromatic rings. The first kappa shape index (κ1) is 12.0. The summed E-state index contributed by atoms with van der Waals surface area (Å²) in [5, 5.41) is 18.5. The van der Waals surface area contributed by atoms with Gasteiger partial charge in [-0.05, 0) is 31.5 Å². The molecule has 2 fully saturated rings. The number of nitriles is 2. The fourth-order valence-electron chi connectivity index (χ4n) is 3.26. The Morgan fingerprint density at radius 3 is 2.47 bits per heavy atom. The first-order chi connectivity index (χ1) is 9.33. The van der Waals surface area contributed by atoms with Crippen molar-refractivity contribution < 1.29 is 0 Å². The van der Waals surface area contributed by atoms with E-state index in [-0.39, 0.29) is 0 Å². The first-order valence-corrected chi connectivity index (χ1v) is 6.75. The Labute approximate surface area is 113 Å². The average Bonchev–Trinajstić information content (AvgIpc) is 2.93. The Morgan fingerprint density at radius 2 is 1.79 bits per heavy atom. The van der Waals surface area contributed by atoms with Crippen LogP contribution in [-0.2, 0) is 0 Å². The normalized spacial score (nSPS) is 22.6. The van der Waals surface area contributed by atoms with E-state index in [0.717, 1.165) is 25.3 Å². The number of hydrogen-bond acceptors (Lipinski definition) is 4. The third-order valence-electron chi connectivity index (χ3n) is 4.18. The summed E-state index contributed by atoms with van der Waals surface area (Å²) in [5.74, 6) is 0. The van der Waals surface area contributed by atoms with Crippen molar-refractivity contribution in [3.8, 4) is 12.1 Å². The molecular formula is C15H16N4. The lowest BCUT2D eigenvalue weighted by atomic mass is 10.0. The van der Waals surface area contributed by atoms with E-state index in [9.17, 15) is 10.5 Å². The third-order valence-corrected chi connectivity index (χ3v) is 4.18. The zero-order chi connectivity index (χ0) is 13.2. The number of para-hydroxylation sites is 1. The fourth-order valence-corrected chi connectivity index (χ4v) is 3.26. The maximum absolute atomic E-state index is 9.26. The molecular weight excluding hydrogens is 236 g/mol. The monoisotopic (exact) mass is 252 g/mol. The van der Waals surface area contributed by atoms with Crippen molar-refractivity contribution in [1.29, 1.82) is 10.5 Å². The van der Waals surface area contributed by atoms with E-state index in [1.807, 2.05) is 0 Å². The Morgan fingerprint density at radius 1 is 1.05 bits per heavy atom. The number of benzene rings is 1. The van der Waals surface area contributed by atoms with Gasteiger partial charge in [-0.1, -0.05) is 6.07 Å². The van der Waals surface area contributed by atoms with Crippen molar-refractivity contribution in [2.24, 2.45) is 0 Å². The number of anilines is 1. The number of piperazine rings is 1. The van der Waals surface area contributed by atoms with Crippen LogP contribution in [0.2, 0.25) is 0 Å². The van der Waals surface area contributed by atoms with Crippen LogP contribution in [0.3, 0.4) is 0 Å². The quantitative estimate of drug-likeness (QED) is 0.763. The van der Waals surface area contributed by atoms with Crippen LogP contribution in [-0.4, -0.2) is 37.1 Å². The SMILES string of the molecule is N#Cc1cccc(C#N)c1N1CCN2CCCC2C1. The van der Waals surface area contributed by atoms with Crippen molar-refractivity contribution in [2.45, 2.75) is 18.9 Å². The van der Waals surface area contributed by atoms with Crippen molar-refractivity contribution in [2.75, 3.05) is 31.1 Å². The topological polar surface area (TPSA) is 54.1 Å². The highest BCUT2D eigenvalue weighted by atomic mass is 15.3. The summed E-state index contributed by atoms with van der Waals surface area (Å²) in [6.45, 7) is 4.08. The molecule has 0 N–H and O–H groups in total. The second-order valence-corrected chi connectivity index (χ2v) is 5.20. The van der Waals surface area contributed by atoms with Gasteiger partial charge in [-0.2, -0.15) is 10.5 Å². The van der Waals surface area contributed by atoms with Gasteiger partial charge in [-0.25, -0.2) is 0 Å². The Hall–Kier alpha value is -2.04. The maximum atomic E-state index is 9.26. The lowest BCUT2D eigenvalue weighted by Gasteiger charge is -2.39. The summed E-state index contributed by atoms with van der Waals surface area (Å²) >= 11 is 0. The van der Waals surface area contributed by atoms with Crippen LogP contribution in [0.1, 0.15) is 24.0 Å². The Bertz CT molecular complexity index is 534. The van der Waals surface area contributed by atoms with Crippen LogP contribution in [0.25, 0.3) is 0 Å². The van der Waals surface area contributed by atoms with E-state index in [1.54, 1.807) is 18.2 Å². The van der Waals surface area contributed by atoms with Crippen LogP contribution in [0.5, 0.6) is 0 Å². The molecule has 4 nitrogen and oxygen atoms in total. The summed E-state index contributed by atoms with van der Waals surface area (Å²) in [7, 11) is 0. The highest BCUT2D eigenvalue weighted by Crippen LogP contribution is 2.30. The van der Waals surface area contributed by atoms with E-state index in [0.29, 0.717) is 17.2 Å². The molecule has 4 heteroatoms. The van der Waals surface area contributed by atoms with Gasteiger partial charge in [0.15, 0.2) is 0 Å². The second-order valence-electron chi connectivity index (χ2n) is 5.20. The summed E-state index contributed by atoms with van der Waals surface area (Å²) in [5.41, 5.74) is 2.06. The molecule has 1 atom stereocenters. The lowest BCUT2D eigenvalue weighted by Crippen LogP contribution is -2.50. The molecule has 1 unspecified atom stereocenters. The number of nitrogens with zero attached hydrogens (tertiary/aromatic N) is 4. The Kier molecular flexibility index (Phi) is 3.11. The van der Waals surface area contributed by atoms with E-state index >= 15 is 0 Å². The molecule has 0 aromatic heterocycles. The molecule has 0 amide bonds. The minimum Gasteiger partial charge on any atom is -0.367 e. The van der Waals surface area contributed by atoms with Crippen molar-refractivity contribution >= 4 is 5.69 Å².